The van der Waals surface area contributed by atoms with Crippen molar-refractivity contribution in [2.75, 3.05) is 7.11 Å². The van der Waals surface area contributed by atoms with Crippen molar-refractivity contribution in [1.82, 2.24) is 9.97 Å². The van der Waals surface area contributed by atoms with Crippen LogP contribution in [-0.4, -0.2) is 22.3 Å². The summed E-state index contributed by atoms with van der Waals surface area (Å²) in [6.45, 7) is 0. The molecule has 0 saturated heterocycles. The lowest BCUT2D eigenvalue weighted by atomic mass is 10.4. The van der Waals surface area contributed by atoms with E-state index in [1.54, 1.807) is 0 Å². The van der Waals surface area contributed by atoms with Gasteiger partial charge >= 0.3 is 0 Å². The highest BCUT2D eigenvalue weighted by molar-refractivity contribution is 6.67. The van der Waals surface area contributed by atoms with Crippen molar-refractivity contribution in [3.63, 3.8) is 0 Å². The van der Waals surface area contributed by atoms with Crippen molar-refractivity contribution >= 4 is 28.4 Å². The van der Waals surface area contributed by atoms with Crippen LogP contribution in [0.2, 0.25) is 5.28 Å². The van der Waals surface area contributed by atoms with Crippen LogP contribution >= 0.6 is 23.2 Å². The lowest BCUT2D eigenvalue weighted by Gasteiger charge is -1.99. The molecule has 0 aromatic carbocycles. The minimum Gasteiger partial charge on any atom is -0.481 e. The summed E-state index contributed by atoms with van der Waals surface area (Å²) in [6.07, 6.45) is 0. The molecule has 0 N–H and O–H groups in total. The van der Waals surface area contributed by atoms with Gasteiger partial charge in [-0.1, -0.05) is 0 Å². The fourth-order valence-corrected chi connectivity index (χ4v) is 0.873. The Morgan fingerprint density at radius 3 is 2.75 bits per heavy atom. The number of hydrogen-bond acceptors (Lipinski definition) is 4. The maximum Gasteiger partial charge on any atom is 0.271 e. The van der Waals surface area contributed by atoms with Crippen molar-refractivity contribution in [3.8, 4) is 5.88 Å². The number of halogens is 2. The van der Waals surface area contributed by atoms with Crippen LogP contribution in [0.15, 0.2) is 6.07 Å². The smallest absolute Gasteiger partial charge is 0.271 e. The second-order valence-electron chi connectivity index (χ2n) is 1.84. The summed E-state index contributed by atoms with van der Waals surface area (Å²) < 4.78 is 4.74. The maximum absolute atomic E-state index is 10.6. The first kappa shape index (κ1) is 9.22. The molecule has 6 heteroatoms. The Morgan fingerprint density at radius 1 is 1.58 bits per heavy atom. The number of aromatic nitrogens is 2. The average Bonchev–Trinajstić information content (AvgIpc) is 2.03. The number of carbonyl (C=O) groups is 1. The summed E-state index contributed by atoms with van der Waals surface area (Å²) in [5.74, 6) is 0.207. The highest BCUT2D eigenvalue weighted by atomic mass is 35.5. The van der Waals surface area contributed by atoms with E-state index in [2.05, 4.69) is 9.97 Å². The predicted octanol–water partition coefficient (Wildman–Crippen LogP) is 1.52. The van der Waals surface area contributed by atoms with Crippen LogP contribution < -0.4 is 4.74 Å². The zero-order chi connectivity index (χ0) is 9.14. The van der Waals surface area contributed by atoms with Gasteiger partial charge in [0.25, 0.3) is 5.24 Å². The lowest BCUT2D eigenvalue weighted by molar-refractivity contribution is 0.107. The van der Waals surface area contributed by atoms with Gasteiger partial charge in [-0.05, 0) is 23.2 Å². The molecule has 1 rings (SSSR count). The Bertz CT molecular complexity index is 316. The molecular weight excluding hydrogens is 203 g/mol. The zero-order valence-electron chi connectivity index (χ0n) is 6.04. The van der Waals surface area contributed by atoms with Crippen LogP contribution in [0.1, 0.15) is 10.5 Å². The van der Waals surface area contributed by atoms with Gasteiger partial charge in [0.05, 0.1) is 7.11 Å². The summed E-state index contributed by atoms with van der Waals surface area (Å²) in [6, 6.07) is 1.31. The van der Waals surface area contributed by atoms with Gasteiger partial charge in [-0.3, -0.25) is 4.79 Å². The van der Waals surface area contributed by atoms with Crippen molar-refractivity contribution in [2.45, 2.75) is 0 Å². The summed E-state index contributed by atoms with van der Waals surface area (Å²) >= 11 is 10.6. The molecule has 1 aromatic heterocycles. The molecule has 64 valence electrons. The molecule has 1 heterocycles. The SMILES string of the molecule is COc1cc(C(=O)Cl)nc(Cl)n1. The molecule has 0 radical (unpaired) electrons. The van der Waals surface area contributed by atoms with Crippen LogP contribution in [0.3, 0.4) is 0 Å². The molecule has 0 aliphatic carbocycles. The lowest BCUT2D eigenvalue weighted by Crippen LogP contribution is -1.98. The van der Waals surface area contributed by atoms with Gasteiger partial charge in [0.1, 0.15) is 5.69 Å². The van der Waals surface area contributed by atoms with E-state index in [1.165, 1.54) is 13.2 Å². The maximum atomic E-state index is 10.6. The molecule has 0 amide bonds. The summed E-state index contributed by atoms with van der Waals surface area (Å²) in [7, 11) is 1.40. The molecule has 0 fully saturated rings. The predicted molar refractivity (Wildman–Crippen MR) is 43.8 cm³/mol. The van der Waals surface area contributed by atoms with Crippen molar-refractivity contribution < 1.29 is 9.53 Å². The van der Waals surface area contributed by atoms with E-state index in [0.717, 1.165) is 0 Å². The quantitative estimate of drug-likeness (QED) is 0.544. The molecule has 0 spiro atoms. The van der Waals surface area contributed by atoms with E-state index in [9.17, 15) is 4.79 Å². The second-order valence-corrected chi connectivity index (χ2v) is 2.52. The monoisotopic (exact) mass is 206 g/mol. The van der Waals surface area contributed by atoms with E-state index in [4.69, 9.17) is 27.9 Å². The van der Waals surface area contributed by atoms with E-state index in [-0.39, 0.29) is 16.9 Å². The van der Waals surface area contributed by atoms with Gasteiger partial charge in [0.15, 0.2) is 0 Å². The number of ether oxygens (including phenoxy) is 1. The third-order valence-corrected chi connectivity index (χ3v) is 1.45. The number of nitrogens with zero attached hydrogens (tertiary/aromatic N) is 2. The second kappa shape index (κ2) is 3.69. The molecule has 0 aliphatic rings. The van der Waals surface area contributed by atoms with Gasteiger partial charge in [-0.15, -0.1) is 0 Å². The van der Waals surface area contributed by atoms with E-state index in [0.29, 0.717) is 0 Å². The Balaban J connectivity index is 3.15. The molecule has 0 atom stereocenters. The van der Waals surface area contributed by atoms with Gasteiger partial charge in [0.2, 0.25) is 11.2 Å². The van der Waals surface area contributed by atoms with Crippen LogP contribution in [0.4, 0.5) is 0 Å². The van der Waals surface area contributed by atoms with Crippen LogP contribution in [-0.2, 0) is 0 Å². The Kier molecular flexibility index (Phi) is 2.83. The Hall–Kier alpha value is -0.870. The first-order valence-corrected chi connectivity index (χ1v) is 3.67. The van der Waals surface area contributed by atoms with Crippen LogP contribution in [0.25, 0.3) is 0 Å². The standard InChI is InChI=1S/C6H4Cl2N2O2/c1-12-4-2-3(5(7)11)9-6(8)10-4/h2H,1H3. The highest BCUT2D eigenvalue weighted by Gasteiger charge is 2.08. The minimum absolute atomic E-state index is 0.0218. The molecule has 0 aliphatic heterocycles. The molecule has 0 saturated carbocycles. The molecule has 12 heavy (non-hydrogen) atoms. The van der Waals surface area contributed by atoms with Gasteiger partial charge in [-0.25, -0.2) is 4.98 Å². The highest BCUT2D eigenvalue weighted by Crippen LogP contribution is 2.13. The van der Waals surface area contributed by atoms with Crippen molar-refractivity contribution in [2.24, 2.45) is 0 Å². The third-order valence-electron chi connectivity index (χ3n) is 1.09. The molecule has 0 unspecified atom stereocenters. The first-order valence-electron chi connectivity index (χ1n) is 2.92. The molecule has 1 aromatic rings. The van der Waals surface area contributed by atoms with Gasteiger partial charge in [-0.2, -0.15) is 4.98 Å². The molecule has 0 bridgehead atoms. The number of methoxy groups -OCH3 is 1. The van der Waals surface area contributed by atoms with E-state index >= 15 is 0 Å². The van der Waals surface area contributed by atoms with E-state index < -0.39 is 5.24 Å². The normalized spacial score (nSPS) is 9.58. The fraction of sp³-hybridized carbons (Fsp3) is 0.167. The fourth-order valence-electron chi connectivity index (χ4n) is 0.602. The average molecular weight is 207 g/mol. The molecular formula is C6H4Cl2N2O2. The largest absolute Gasteiger partial charge is 0.481 e. The third kappa shape index (κ3) is 2.06. The summed E-state index contributed by atoms with van der Waals surface area (Å²) in [5, 5.41) is -0.768. The Morgan fingerprint density at radius 2 is 2.25 bits per heavy atom. The number of carbonyl (C=O) groups excluding carboxylic acids is 1. The van der Waals surface area contributed by atoms with Gasteiger partial charge < -0.3 is 4.74 Å². The molecule has 4 nitrogen and oxygen atoms in total. The van der Waals surface area contributed by atoms with E-state index in [1.807, 2.05) is 0 Å². The Labute approximate surface area is 78.5 Å². The number of hydrogen-bond donors (Lipinski definition) is 0. The minimum atomic E-state index is -0.697. The summed E-state index contributed by atoms with van der Waals surface area (Å²) in [5.41, 5.74) is 0.0218. The first-order chi connectivity index (χ1) is 5.63. The zero-order valence-corrected chi connectivity index (χ0v) is 7.56. The van der Waals surface area contributed by atoms with Crippen molar-refractivity contribution in [1.29, 1.82) is 0 Å². The van der Waals surface area contributed by atoms with Crippen LogP contribution in [0.5, 0.6) is 5.88 Å². The number of rotatable bonds is 2. The van der Waals surface area contributed by atoms with Crippen molar-refractivity contribution in [3.05, 3.63) is 17.0 Å². The summed E-state index contributed by atoms with van der Waals surface area (Å²) in [4.78, 5) is 17.9. The van der Waals surface area contributed by atoms with Gasteiger partial charge in [0, 0.05) is 6.07 Å². The van der Waals surface area contributed by atoms with Crippen LogP contribution in [0, 0.1) is 0 Å². The topological polar surface area (TPSA) is 52.1 Å².